The summed E-state index contributed by atoms with van der Waals surface area (Å²) in [5.74, 6) is 0.532. The van der Waals surface area contributed by atoms with Crippen LogP contribution in [-0.2, 0) is 0 Å². The van der Waals surface area contributed by atoms with E-state index in [1.807, 2.05) is 54.6 Å². The second-order valence-electron chi connectivity index (χ2n) is 5.59. The molecule has 0 bridgehead atoms. The van der Waals surface area contributed by atoms with Crippen LogP contribution in [0.15, 0.2) is 84.9 Å². The van der Waals surface area contributed by atoms with Gasteiger partial charge in [-0.3, -0.25) is 10.1 Å². The lowest BCUT2D eigenvalue weighted by Gasteiger charge is -2.12. The van der Waals surface area contributed by atoms with Crippen LogP contribution >= 0.6 is 0 Å². The number of para-hydroxylation sites is 1. The number of nitrogens with zero attached hydrogens (tertiary/aromatic N) is 2. The first kappa shape index (κ1) is 15.0. The zero-order valence-electron chi connectivity index (χ0n) is 13.2. The Labute approximate surface area is 143 Å². The molecule has 122 valence electrons. The topological polar surface area (TPSA) is 57.3 Å². The van der Waals surface area contributed by atoms with Crippen molar-refractivity contribution in [3.63, 3.8) is 0 Å². The zero-order valence-corrected chi connectivity index (χ0v) is 13.2. The summed E-state index contributed by atoms with van der Waals surface area (Å²) in [6.45, 7) is 0. The molecule has 5 heteroatoms. The fraction of sp³-hybridized carbons (Fsp3) is 0. The number of aromatic nitrogens is 1. The van der Waals surface area contributed by atoms with E-state index in [1.54, 1.807) is 16.9 Å². The maximum absolute atomic E-state index is 10.8. The van der Waals surface area contributed by atoms with Gasteiger partial charge in [0.25, 0.3) is 5.69 Å². The Balaban J connectivity index is 1.81. The van der Waals surface area contributed by atoms with Crippen molar-refractivity contribution >= 4 is 16.6 Å². The summed E-state index contributed by atoms with van der Waals surface area (Å²) in [4.78, 5) is 16.4. The summed E-state index contributed by atoms with van der Waals surface area (Å²) in [5.41, 5.74) is 2.91. The Bertz CT molecular complexity index is 1040. The molecule has 5 nitrogen and oxygen atoms in total. The third-order valence-electron chi connectivity index (χ3n) is 3.98. The van der Waals surface area contributed by atoms with Crippen molar-refractivity contribution in [2.75, 3.05) is 0 Å². The average Bonchev–Trinajstić information content (AvgIpc) is 3.02. The van der Waals surface area contributed by atoms with E-state index in [0.717, 1.165) is 22.2 Å². The normalized spacial score (nSPS) is 10.7. The van der Waals surface area contributed by atoms with E-state index in [9.17, 15) is 10.1 Å². The van der Waals surface area contributed by atoms with Crippen molar-refractivity contribution in [1.29, 1.82) is 0 Å². The molecular weight excluding hydrogens is 316 g/mol. The first-order valence-corrected chi connectivity index (χ1v) is 7.81. The Morgan fingerprint density at radius 3 is 2.24 bits per heavy atom. The number of hydrogen-bond donors (Lipinski definition) is 0. The Morgan fingerprint density at radius 1 is 0.840 bits per heavy atom. The number of nitro benzene ring substituents is 1. The molecule has 4 aromatic rings. The Hall–Kier alpha value is -3.60. The largest absolute Gasteiger partial charge is 0.375 e. The van der Waals surface area contributed by atoms with Crippen molar-refractivity contribution in [2.45, 2.75) is 0 Å². The highest BCUT2D eigenvalue weighted by Gasteiger charge is 2.13. The van der Waals surface area contributed by atoms with E-state index in [2.05, 4.69) is 6.07 Å². The van der Waals surface area contributed by atoms with Gasteiger partial charge in [0.05, 0.1) is 16.1 Å². The van der Waals surface area contributed by atoms with Crippen LogP contribution in [0, 0.1) is 10.1 Å². The SMILES string of the molecule is O=[N+]([O-])c1ccc(On2c(-c3ccccc3)cc3ccccc32)cc1. The third-order valence-corrected chi connectivity index (χ3v) is 3.98. The molecule has 0 radical (unpaired) electrons. The number of fused-ring (bicyclic) bond motifs is 1. The lowest BCUT2D eigenvalue weighted by molar-refractivity contribution is -0.384. The van der Waals surface area contributed by atoms with Crippen LogP contribution in [0.5, 0.6) is 5.75 Å². The van der Waals surface area contributed by atoms with Crippen LogP contribution in [0.3, 0.4) is 0 Å². The minimum absolute atomic E-state index is 0.0352. The van der Waals surface area contributed by atoms with Gasteiger partial charge in [-0.15, -0.1) is 0 Å². The molecule has 0 fully saturated rings. The second-order valence-corrected chi connectivity index (χ2v) is 5.59. The number of hydrogen-bond acceptors (Lipinski definition) is 3. The molecule has 0 unspecified atom stereocenters. The lowest BCUT2D eigenvalue weighted by atomic mass is 10.1. The van der Waals surface area contributed by atoms with E-state index in [0.29, 0.717) is 5.75 Å². The molecule has 0 aliphatic carbocycles. The number of nitro groups is 1. The standard InChI is InChI=1S/C20H14N2O3/c23-22(24)17-10-12-18(13-11-17)25-21-19-9-5-4-8-16(19)14-20(21)15-6-2-1-3-7-15/h1-14H. The molecule has 4 rings (SSSR count). The Kier molecular flexibility index (Phi) is 3.67. The van der Waals surface area contributed by atoms with E-state index >= 15 is 0 Å². The van der Waals surface area contributed by atoms with E-state index in [1.165, 1.54) is 12.1 Å². The smallest absolute Gasteiger partial charge is 0.269 e. The highest BCUT2D eigenvalue weighted by molar-refractivity contribution is 5.86. The highest BCUT2D eigenvalue weighted by Crippen LogP contribution is 2.29. The van der Waals surface area contributed by atoms with Crippen molar-refractivity contribution in [3.8, 4) is 17.0 Å². The molecule has 3 aromatic carbocycles. The molecule has 0 atom stereocenters. The summed E-state index contributed by atoms with van der Waals surface area (Å²) in [6.07, 6.45) is 0. The molecule has 1 aromatic heterocycles. The minimum atomic E-state index is -0.426. The second kappa shape index (κ2) is 6.13. The maximum atomic E-state index is 10.8. The van der Waals surface area contributed by atoms with Crippen molar-refractivity contribution < 1.29 is 9.76 Å². The van der Waals surface area contributed by atoms with Crippen LogP contribution in [0.4, 0.5) is 5.69 Å². The highest BCUT2D eigenvalue weighted by atomic mass is 16.7. The van der Waals surface area contributed by atoms with E-state index < -0.39 is 4.92 Å². The molecule has 0 spiro atoms. The number of rotatable bonds is 4. The van der Waals surface area contributed by atoms with Gasteiger partial charge in [0.1, 0.15) is 0 Å². The molecule has 0 aliphatic rings. The van der Waals surface area contributed by atoms with E-state index in [4.69, 9.17) is 4.84 Å². The summed E-state index contributed by atoms with van der Waals surface area (Å²) in [7, 11) is 0. The van der Waals surface area contributed by atoms with Crippen molar-refractivity contribution in [3.05, 3.63) is 95.0 Å². The molecule has 0 N–H and O–H groups in total. The minimum Gasteiger partial charge on any atom is -0.375 e. The molecule has 0 amide bonds. The predicted octanol–water partition coefficient (Wildman–Crippen LogP) is 5.06. The monoisotopic (exact) mass is 330 g/mol. The summed E-state index contributed by atoms with van der Waals surface area (Å²) < 4.78 is 1.76. The quantitative estimate of drug-likeness (QED) is 0.388. The third kappa shape index (κ3) is 2.83. The fourth-order valence-corrected chi connectivity index (χ4v) is 2.77. The van der Waals surface area contributed by atoms with Crippen LogP contribution in [0.25, 0.3) is 22.2 Å². The van der Waals surface area contributed by atoms with Crippen LogP contribution in [-0.4, -0.2) is 9.65 Å². The molecule has 0 saturated carbocycles. The Morgan fingerprint density at radius 2 is 1.52 bits per heavy atom. The maximum Gasteiger partial charge on any atom is 0.269 e. The van der Waals surface area contributed by atoms with Gasteiger partial charge in [-0.1, -0.05) is 48.5 Å². The first-order valence-electron chi connectivity index (χ1n) is 7.81. The number of non-ortho nitro benzene ring substituents is 1. The average molecular weight is 330 g/mol. The van der Waals surface area contributed by atoms with Gasteiger partial charge >= 0.3 is 0 Å². The van der Waals surface area contributed by atoms with Crippen molar-refractivity contribution in [1.82, 2.24) is 4.73 Å². The molecular formula is C20H14N2O3. The molecule has 25 heavy (non-hydrogen) atoms. The van der Waals surface area contributed by atoms with Crippen molar-refractivity contribution in [2.24, 2.45) is 0 Å². The zero-order chi connectivity index (χ0) is 17.2. The van der Waals surface area contributed by atoms with Crippen LogP contribution in [0.2, 0.25) is 0 Å². The van der Waals surface area contributed by atoms with Crippen LogP contribution < -0.4 is 4.84 Å². The fourth-order valence-electron chi connectivity index (χ4n) is 2.77. The van der Waals surface area contributed by atoms with Gasteiger partial charge in [0, 0.05) is 23.1 Å². The van der Waals surface area contributed by atoms with Gasteiger partial charge < -0.3 is 4.84 Å². The summed E-state index contributed by atoms with van der Waals surface area (Å²) in [6, 6.07) is 26.0. The lowest BCUT2D eigenvalue weighted by Crippen LogP contribution is -2.06. The van der Waals surface area contributed by atoms with Gasteiger partial charge in [-0.25, -0.2) is 0 Å². The van der Waals surface area contributed by atoms with E-state index in [-0.39, 0.29) is 5.69 Å². The molecule has 1 heterocycles. The molecule has 0 aliphatic heterocycles. The number of benzene rings is 3. The predicted molar refractivity (Wildman–Crippen MR) is 96.5 cm³/mol. The van der Waals surface area contributed by atoms with Gasteiger partial charge in [0.15, 0.2) is 5.75 Å². The van der Waals surface area contributed by atoms with Gasteiger partial charge in [-0.05, 0) is 24.3 Å². The van der Waals surface area contributed by atoms with Gasteiger partial charge in [0.2, 0.25) is 0 Å². The first-order chi connectivity index (χ1) is 12.2. The van der Waals surface area contributed by atoms with Gasteiger partial charge in [-0.2, -0.15) is 4.73 Å². The molecule has 0 saturated heterocycles. The summed E-state index contributed by atoms with van der Waals surface area (Å²) >= 11 is 0. The summed E-state index contributed by atoms with van der Waals surface area (Å²) in [5, 5.41) is 11.9. The van der Waals surface area contributed by atoms with Crippen LogP contribution in [0.1, 0.15) is 0 Å².